The molecular weight excluding hydrogens is 310 g/mol. The summed E-state index contributed by atoms with van der Waals surface area (Å²) in [4.78, 5) is 16.7. The molecule has 1 aromatic carbocycles. The predicted octanol–water partition coefficient (Wildman–Crippen LogP) is 3.72. The number of rotatable bonds is 4. The third-order valence-electron chi connectivity index (χ3n) is 3.68. The van der Waals surface area contributed by atoms with Gasteiger partial charge in [0.1, 0.15) is 16.5 Å². The van der Waals surface area contributed by atoms with Gasteiger partial charge in [-0.1, -0.05) is 0 Å². The number of nitrogens with one attached hydrogen (secondary N) is 1. The van der Waals surface area contributed by atoms with Crippen molar-refractivity contribution in [2.75, 3.05) is 12.4 Å². The molecule has 0 radical (unpaired) electrons. The van der Waals surface area contributed by atoms with Gasteiger partial charge in [-0.25, -0.2) is 4.98 Å². The molecule has 0 aliphatic rings. The van der Waals surface area contributed by atoms with Crippen LogP contribution >= 0.6 is 11.3 Å². The SMILES string of the molecule is COc1ccc(NC(=O)c2csc(-c3ccc(C)n3C)n2)cc1. The smallest absolute Gasteiger partial charge is 0.275 e. The maximum Gasteiger partial charge on any atom is 0.275 e. The van der Waals surface area contributed by atoms with Gasteiger partial charge in [0.2, 0.25) is 0 Å². The molecule has 0 bridgehead atoms. The summed E-state index contributed by atoms with van der Waals surface area (Å²) in [5, 5.41) is 5.45. The Balaban J connectivity index is 1.76. The van der Waals surface area contributed by atoms with E-state index in [2.05, 4.69) is 14.9 Å². The summed E-state index contributed by atoms with van der Waals surface area (Å²) in [5.41, 5.74) is 3.29. The highest BCUT2D eigenvalue weighted by atomic mass is 32.1. The summed E-state index contributed by atoms with van der Waals surface area (Å²) in [6.07, 6.45) is 0. The Bertz CT molecular complexity index is 834. The lowest BCUT2D eigenvalue weighted by Gasteiger charge is -2.04. The number of benzene rings is 1. The molecule has 0 aliphatic heterocycles. The molecule has 23 heavy (non-hydrogen) atoms. The molecule has 3 aromatic rings. The summed E-state index contributed by atoms with van der Waals surface area (Å²) in [6, 6.07) is 11.2. The van der Waals surface area contributed by atoms with Crippen molar-refractivity contribution in [3.05, 3.63) is 53.2 Å². The summed E-state index contributed by atoms with van der Waals surface area (Å²) in [7, 11) is 3.60. The minimum absolute atomic E-state index is 0.219. The van der Waals surface area contributed by atoms with Crippen molar-refractivity contribution in [3.8, 4) is 16.5 Å². The predicted molar refractivity (Wildman–Crippen MR) is 92.2 cm³/mol. The Hall–Kier alpha value is -2.60. The lowest BCUT2D eigenvalue weighted by atomic mass is 10.3. The molecule has 2 heterocycles. The fraction of sp³-hybridized carbons (Fsp3) is 0.176. The van der Waals surface area contributed by atoms with Gasteiger partial charge in [-0.2, -0.15) is 0 Å². The molecule has 0 fully saturated rings. The lowest BCUT2D eigenvalue weighted by Crippen LogP contribution is -2.12. The minimum Gasteiger partial charge on any atom is -0.497 e. The first-order chi connectivity index (χ1) is 11.1. The van der Waals surface area contributed by atoms with Crippen LogP contribution in [0.25, 0.3) is 10.7 Å². The van der Waals surface area contributed by atoms with Crippen molar-refractivity contribution >= 4 is 22.9 Å². The Morgan fingerprint density at radius 1 is 1.22 bits per heavy atom. The summed E-state index contributed by atoms with van der Waals surface area (Å²) in [6.45, 7) is 2.04. The molecule has 1 N–H and O–H groups in total. The van der Waals surface area contributed by atoms with Gasteiger partial charge >= 0.3 is 0 Å². The van der Waals surface area contributed by atoms with Gasteiger partial charge in [0.15, 0.2) is 0 Å². The van der Waals surface area contributed by atoms with Gasteiger partial charge in [-0.05, 0) is 43.3 Å². The normalized spacial score (nSPS) is 10.6. The van der Waals surface area contributed by atoms with Crippen LogP contribution in [0, 0.1) is 6.92 Å². The molecule has 2 aromatic heterocycles. The molecule has 0 unspecified atom stereocenters. The Kier molecular flexibility index (Phi) is 4.16. The highest BCUT2D eigenvalue weighted by molar-refractivity contribution is 7.13. The Morgan fingerprint density at radius 2 is 1.96 bits per heavy atom. The zero-order valence-electron chi connectivity index (χ0n) is 13.2. The van der Waals surface area contributed by atoms with Crippen molar-refractivity contribution < 1.29 is 9.53 Å². The number of aromatic nitrogens is 2. The second kappa shape index (κ2) is 6.26. The van der Waals surface area contributed by atoms with Crippen LogP contribution < -0.4 is 10.1 Å². The van der Waals surface area contributed by atoms with E-state index in [0.717, 1.165) is 22.1 Å². The molecule has 0 atom stereocenters. The largest absolute Gasteiger partial charge is 0.497 e. The van der Waals surface area contributed by atoms with E-state index < -0.39 is 0 Å². The van der Waals surface area contributed by atoms with Gasteiger partial charge in [0.05, 0.1) is 12.8 Å². The fourth-order valence-electron chi connectivity index (χ4n) is 2.19. The summed E-state index contributed by atoms with van der Waals surface area (Å²) in [5.74, 6) is 0.529. The third kappa shape index (κ3) is 3.12. The van der Waals surface area contributed by atoms with Crippen LogP contribution in [-0.4, -0.2) is 22.6 Å². The lowest BCUT2D eigenvalue weighted by molar-refractivity contribution is 0.102. The first-order valence-electron chi connectivity index (χ1n) is 7.12. The number of amides is 1. The second-order valence-electron chi connectivity index (χ2n) is 5.14. The molecule has 6 heteroatoms. The van der Waals surface area contributed by atoms with E-state index >= 15 is 0 Å². The number of hydrogen-bond acceptors (Lipinski definition) is 4. The maximum absolute atomic E-state index is 12.3. The third-order valence-corrected chi connectivity index (χ3v) is 4.54. The molecule has 118 valence electrons. The van der Waals surface area contributed by atoms with Gasteiger partial charge in [-0.3, -0.25) is 4.79 Å². The van der Waals surface area contributed by atoms with Crippen LogP contribution in [0.3, 0.4) is 0 Å². The quantitative estimate of drug-likeness (QED) is 0.794. The molecule has 5 nitrogen and oxygen atoms in total. The van der Waals surface area contributed by atoms with Crippen LogP contribution in [0.1, 0.15) is 16.2 Å². The number of methoxy groups -OCH3 is 1. The first kappa shape index (κ1) is 15.3. The zero-order chi connectivity index (χ0) is 16.4. The van der Waals surface area contributed by atoms with Crippen LogP contribution in [0.15, 0.2) is 41.8 Å². The van der Waals surface area contributed by atoms with E-state index in [1.54, 1.807) is 36.8 Å². The van der Waals surface area contributed by atoms with Gasteiger partial charge < -0.3 is 14.6 Å². The van der Waals surface area contributed by atoms with Crippen molar-refractivity contribution in [1.29, 1.82) is 0 Å². The van der Waals surface area contributed by atoms with E-state index in [-0.39, 0.29) is 5.91 Å². The number of anilines is 1. The van der Waals surface area contributed by atoms with Crippen LogP contribution in [0.2, 0.25) is 0 Å². The molecule has 3 rings (SSSR count). The fourth-order valence-corrected chi connectivity index (χ4v) is 3.05. The van der Waals surface area contributed by atoms with Crippen LogP contribution in [-0.2, 0) is 7.05 Å². The number of aryl methyl sites for hydroxylation is 1. The number of carbonyl (C=O) groups is 1. The topological polar surface area (TPSA) is 56.1 Å². The van der Waals surface area contributed by atoms with Crippen molar-refractivity contribution in [2.24, 2.45) is 7.05 Å². The number of nitrogens with zero attached hydrogens (tertiary/aromatic N) is 2. The maximum atomic E-state index is 12.3. The molecular formula is C17H17N3O2S. The number of carbonyl (C=O) groups excluding carboxylic acids is 1. The Labute approximate surface area is 138 Å². The summed E-state index contributed by atoms with van der Waals surface area (Å²) < 4.78 is 7.16. The highest BCUT2D eigenvalue weighted by Gasteiger charge is 2.14. The zero-order valence-corrected chi connectivity index (χ0v) is 14.0. The second-order valence-corrected chi connectivity index (χ2v) is 6.00. The van der Waals surface area contributed by atoms with Crippen molar-refractivity contribution in [2.45, 2.75) is 6.92 Å². The first-order valence-corrected chi connectivity index (χ1v) is 8.00. The van der Waals surface area contributed by atoms with E-state index in [9.17, 15) is 4.79 Å². The molecule has 0 spiro atoms. The number of thiazole rings is 1. The van der Waals surface area contributed by atoms with E-state index in [1.165, 1.54) is 11.3 Å². The number of ether oxygens (including phenoxy) is 1. The van der Waals surface area contributed by atoms with Gasteiger partial charge in [0, 0.05) is 23.8 Å². The van der Waals surface area contributed by atoms with Gasteiger partial charge in [-0.15, -0.1) is 11.3 Å². The van der Waals surface area contributed by atoms with Crippen LogP contribution in [0.5, 0.6) is 5.75 Å². The van der Waals surface area contributed by atoms with E-state index in [0.29, 0.717) is 11.4 Å². The summed E-state index contributed by atoms with van der Waals surface area (Å²) >= 11 is 1.46. The molecule has 1 amide bonds. The highest BCUT2D eigenvalue weighted by Crippen LogP contribution is 2.25. The standard InChI is InChI=1S/C17H17N3O2S/c1-11-4-9-15(20(11)2)17-19-14(10-23-17)16(21)18-12-5-7-13(22-3)8-6-12/h4-10H,1-3H3,(H,18,21). The Morgan fingerprint density at radius 3 is 2.57 bits per heavy atom. The molecule has 0 aliphatic carbocycles. The van der Waals surface area contributed by atoms with Crippen molar-refractivity contribution in [1.82, 2.24) is 9.55 Å². The van der Waals surface area contributed by atoms with Gasteiger partial charge in [0.25, 0.3) is 5.91 Å². The van der Waals surface area contributed by atoms with Crippen molar-refractivity contribution in [3.63, 3.8) is 0 Å². The molecule has 0 saturated heterocycles. The van der Waals surface area contributed by atoms with E-state index in [4.69, 9.17) is 4.74 Å². The van der Waals surface area contributed by atoms with Crippen LogP contribution in [0.4, 0.5) is 5.69 Å². The van der Waals surface area contributed by atoms with E-state index in [1.807, 2.05) is 26.1 Å². The minimum atomic E-state index is -0.219. The monoisotopic (exact) mass is 327 g/mol. The molecule has 0 saturated carbocycles. The average molecular weight is 327 g/mol. The average Bonchev–Trinajstić information content (AvgIpc) is 3.16. The number of hydrogen-bond donors (Lipinski definition) is 1.